The van der Waals surface area contributed by atoms with E-state index in [4.69, 9.17) is 0 Å². The Morgan fingerprint density at radius 2 is 1.56 bits per heavy atom. The lowest BCUT2D eigenvalue weighted by Gasteiger charge is -2.20. The molecule has 6 nitrogen and oxygen atoms in total. The van der Waals surface area contributed by atoms with Gasteiger partial charge in [0.2, 0.25) is 11.8 Å². The maximum absolute atomic E-state index is 12.5. The summed E-state index contributed by atoms with van der Waals surface area (Å²) < 4.78 is 0. The molecule has 0 radical (unpaired) electrons. The summed E-state index contributed by atoms with van der Waals surface area (Å²) in [6.07, 6.45) is 0.685. The Morgan fingerprint density at radius 3 is 2.04 bits per heavy atom. The molecule has 0 saturated carbocycles. The monoisotopic (exact) mass is 365 g/mol. The van der Waals surface area contributed by atoms with Gasteiger partial charge < -0.3 is 10.2 Å². The number of imide groups is 1. The first-order valence-electron chi connectivity index (χ1n) is 9.01. The molecule has 0 bridgehead atoms. The fourth-order valence-corrected chi connectivity index (χ4v) is 3.17. The first kappa shape index (κ1) is 18.6. The molecule has 1 heterocycles. The van der Waals surface area contributed by atoms with E-state index in [2.05, 4.69) is 5.32 Å². The standard InChI is InChI=1S/C21H23N3O3/c1-23-15-19(26)24(21(23)27)14-8-13-18(25)22-20(16-9-4-2-5-10-16)17-11-6-3-7-12-17/h2-7,9-12,20H,8,13-15H2,1H3,(H,22,25). The molecule has 2 aromatic rings. The largest absolute Gasteiger partial charge is 0.345 e. The van der Waals surface area contributed by atoms with Crippen LogP contribution in [0.15, 0.2) is 60.7 Å². The minimum atomic E-state index is -0.299. The van der Waals surface area contributed by atoms with Crippen LogP contribution in [0.3, 0.4) is 0 Å². The molecule has 1 saturated heterocycles. The minimum absolute atomic E-state index is 0.106. The van der Waals surface area contributed by atoms with Crippen LogP contribution in [0.4, 0.5) is 4.79 Å². The molecule has 4 amide bonds. The van der Waals surface area contributed by atoms with E-state index < -0.39 is 0 Å². The Balaban J connectivity index is 1.60. The number of rotatable bonds is 7. The van der Waals surface area contributed by atoms with Crippen molar-refractivity contribution in [1.29, 1.82) is 0 Å². The van der Waals surface area contributed by atoms with E-state index in [9.17, 15) is 14.4 Å². The molecule has 1 fully saturated rings. The quantitative estimate of drug-likeness (QED) is 0.767. The van der Waals surface area contributed by atoms with E-state index in [-0.39, 0.29) is 43.4 Å². The summed E-state index contributed by atoms with van der Waals surface area (Å²) in [7, 11) is 1.59. The van der Waals surface area contributed by atoms with Crippen LogP contribution in [-0.2, 0) is 9.59 Å². The minimum Gasteiger partial charge on any atom is -0.345 e. The fourth-order valence-electron chi connectivity index (χ4n) is 3.17. The highest BCUT2D eigenvalue weighted by molar-refractivity contribution is 6.01. The van der Waals surface area contributed by atoms with Crippen molar-refractivity contribution < 1.29 is 14.4 Å². The van der Waals surface area contributed by atoms with Gasteiger partial charge in [0.1, 0.15) is 6.54 Å². The summed E-state index contributed by atoms with van der Waals surface area (Å²) in [4.78, 5) is 38.7. The molecule has 0 atom stereocenters. The van der Waals surface area contributed by atoms with Gasteiger partial charge in [0.25, 0.3) is 0 Å². The third-order valence-corrected chi connectivity index (χ3v) is 4.59. The molecule has 0 unspecified atom stereocenters. The number of hydrogen-bond acceptors (Lipinski definition) is 3. The summed E-state index contributed by atoms with van der Waals surface area (Å²) in [6, 6.07) is 19.0. The van der Waals surface area contributed by atoms with E-state index in [1.807, 2.05) is 60.7 Å². The molecule has 2 aromatic carbocycles. The Kier molecular flexibility index (Phi) is 5.86. The number of amides is 4. The smallest absolute Gasteiger partial charge is 0.326 e. The van der Waals surface area contributed by atoms with Gasteiger partial charge in [-0.15, -0.1) is 0 Å². The molecule has 1 aliphatic heterocycles. The molecule has 6 heteroatoms. The third-order valence-electron chi connectivity index (χ3n) is 4.59. The molecule has 27 heavy (non-hydrogen) atoms. The Morgan fingerprint density at radius 1 is 1.00 bits per heavy atom. The van der Waals surface area contributed by atoms with Gasteiger partial charge in [-0.1, -0.05) is 60.7 Å². The lowest BCUT2D eigenvalue weighted by molar-refractivity contribution is -0.126. The zero-order valence-electron chi connectivity index (χ0n) is 15.3. The molecular weight excluding hydrogens is 342 g/mol. The van der Waals surface area contributed by atoms with E-state index in [0.29, 0.717) is 6.42 Å². The fraction of sp³-hybridized carbons (Fsp3) is 0.286. The van der Waals surface area contributed by atoms with Crippen molar-refractivity contribution in [3.05, 3.63) is 71.8 Å². The molecule has 140 valence electrons. The van der Waals surface area contributed by atoms with Crippen molar-refractivity contribution in [2.45, 2.75) is 18.9 Å². The van der Waals surface area contributed by atoms with Gasteiger partial charge in [0.15, 0.2) is 0 Å². The van der Waals surface area contributed by atoms with Gasteiger partial charge in [0.05, 0.1) is 6.04 Å². The van der Waals surface area contributed by atoms with Crippen LogP contribution in [0.5, 0.6) is 0 Å². The lowest BCUT2D eigenvalue weighted by atomic mass is 9.98. The van der Waals surface area contributed by atoms with Gasteiger partial charge in [-0.3, -0.25) is 14.5 Å². The van der Waals surface area contributed by atoms with Crippen LogP contribution in [0, 0.1) is 0 Å². The second-order valence-electron chi connectivity index (χ2n) is 6.61. The molecule has 3 rings (SSSR count). The van der Waals surface area contributed by atoms with E-state index in [1.54, 1.807) is 7.05 Å². The van der Waals surface area contributed by atoms with E-state index in [0.717, 1.165) is 11.1 Å². The number of likely N-dealkylation sites (N-methyl/N-ethyl adjacent to an activating group) is 1. The van der Waals surface area contributed by atoms with Gasteiger partial charge >= 0.3 is 6.03 Å². The van der Waals surface area contributed by atoms with Gasteiger partial charge in [-0.2, -0.15) is 0 Å². The second kappa shape index (κ2) is 8.49. The Bertz CT molecular complexity index is 768. The van der Waals surface area contributed by atoms with Crippen molar-refractivity contribution in [2.75, 3.05) is 20.1 Å². The predicted molar refractivity (Wildman–Crippen MR) is 102 cm³/mol. The molecular formula is C21H23N3O3. The number of hydrogen-bond donors (Lipinski definition) is 1. The predicted octanol–water partition coefficient (Wildman–Crippen LogP) is 2.57. The van der Waals surface area contributed by atoms with E-state index in [1.165, 1.54) is 9.80 Å². The highest BCUT2D eigenvalue weighted by Gasteiger charge is 2.32. The van der Waals surface area contributed by atoms with Gasteiger partial charge in [0, 0.05) is 20.0 Å². The highest BCUT2D eigenvalue weighted by atomic mass is 16.2. The highest BCUT2D eigenvalue weighted by Crippen LogP contribution is 2.22. The maximum atomic E-state index is 12.5. The van der Waals surface area contributed by atoms with Crippen LogP contribution in [-0.4, -0.2) is 47.8 Å². The number of carbonyl (C=O) groups excluding carboxylic acids is 3. The van der Waals surface area contributed by atoms with Gasteiger partial charge in [-0.05, 0) is 17.5 Å². The number of urea groups is 1. The third kappa shape index (κ3) is 4.53. The summed E-state index contributed by atoms with van der Waals surface area (Å²) >= 11 is 0. The first-order valence-corrected chi connectivity index (χ1v) is 9.01. The average molecular weight is 365 g/mol. The lowest BCUT2D eigenvalue weighted by Crippen LogP contribution is -2.34. The molecule has 1 N–H and O–H groups in total. The van der Waals surface area contributed by atoms with Gasteiger partial charge in [-0.25, -0.2) is 4.79 Å². The summed E-state index contributed by atoms with van der Waals surface area (Å²) in [5.74, 6) is -0.325. The number of benzene rings is 2. The van der Waals surface area contributed by atoms with Crippen LogP contribution >= 0.6 is 0 Å². The first-order chi connectivity index (χ1) is 13.1. The molecule has 0 aliphatic carbocycles. The second-order valence-corrected chi connectivity index (χ2v) is 6.61. The number of carbonyl (C=O) groups is 3. The van der Waals surface area contributed by atoms with Crippen molar-refractivity contribution in [2.24, 2.45) is 0 Å². The van der Waals surface area contributed by atoms with E-state index >= 15 is 0 Å². The van der Waals surface area contributed by atoms with Crippen LogP contribution in [0.2, 0.25) is 0 Å². The van der Waals surface area contributed by atoms with Crippen molar-refractivity contribution in [3.63, 3.8) is 0 Å². The molecule has 0 spiro atoms. The SMILES string of the molecule is CN1CC(=O)N(CCCC(=O)NC(c2ccccc2)c2ccccc2)C1=O. The topological polar surface area (TPSA) is 69.7 Å². The zero-order chi connectivity index (χ0) is 19.2. The summed E-state index contributed by atoms with van der Waals surface area (Å²) in [6.45, 7) is 0.367. The Hall–Kier alpha value is -3.15. The van der Waals surface area contributed by atoms with Crippen LogP contribution in [0.25, 0.3) is 0 Å². The summed E-state index contributed by atoms with van der Waals surface area (Å²) in [5.41, 5.74) is 2.01. The van der Waals surface area contributed by atoms with Crippen LogP contribution < -0.4 is 5.32 Å². The van der Waals surface area contributed by atoms with Crippen molar-refractivity contribution in [3.8, 4) is 0 Å². The maximum Gasteiger partial charge on any atom is 0.326 e. The normalized spacial score (nSPS) is 14.1. The molecule has 0 aromatic heterocycles. The zero-order valence-corrected chi connectivity index (χ0v) is 15.3. The number of nitrogens with one attached hydrogen (secondary N) is 1. The average Bonchev–Trinajstić information content (AvgIpc) is 2.93. The molecule has 1 aliphatic rings. The summed E-state index contributed by atoms with van der Waals surface area (Å²) in [5, 5.41) is 3.07. The van der Waals surface area contributed by atoms with Crippen LogP contribution in [0.1, 0.15) is 30.0 Å². The number of nitrogens with zero attached hydrogens (tertiary/aromatic N) is 2. The van der Waals surface area contributed by atoms with Crippen molar-refractivity contribution in [1.82, 2.24) is 15.1 Å². The Labute approximate surface area is 158 Å². The van der Waals surface area contributed by atoms with Crippen molar-refractivity contribution >= 4 is 17.8 Å².